The van der Waals surface area contributed by atoms with Crippen molar-refractivity contribution in [2.24, 2.45) is 0 Å². The average molecular weight is 330 g/mol. The minimum Gasteiger partial charge on any atom is -0.493 e. The van der Waals surface area contributed by atoms with Gasteiger partial charge in [0, 0.05) is 12.7 Å². The quantitative estimate of drug-likeness (QED) is 0.549. The number of benzene rings is 1. The van der Waals surface area contributed by atoms with Crippen LogP contribution in [0.15, 0.2) is 30.6 Å². The van der Waals surface area contributed by atoms with Crippen LogP contribution in [-0.4, -0.2) is 36.4 Å². The SMILES string of the molecule is CCOc1c(OC)cc(C=CC(=O)c2cnn(CC)c2)cc1OC. The van der Waals surface area contributed by atoms with Gasteiger partial charge in [-0.2, -0.15) is 5.10 Å². The number of carbonyl (C=O) groups excluding carboxylic acids is 1. The lowest BCUT2D eigenvalue weighted by atomic mass is 10.1. The lowest BCUT2D eigenvalue weighted by molar-refractivity contribution is 0.104. The molecule has 0 saturated heterocycles. The third-order valence-corrected chi connectivity index (χ3v) is 3.44. The van der Waals surface area contributed by atoms with Crippen molar-refractivity contribution in [1.29, 1.82) is 0 Å². The molecule has 0 aliphatic heterocycles. The average Bonchev–Trinajstić information content (AvgIpc) is 3.09. The Bertz CT molecular complexity index is 709. The zero-order chi connectivity index (χ0) is 17.5. The van der Waals surface area contributed by atoms with Crippen LogP contribution in [0, 0.1) is 0 Å². The Morgan fingerprint density at radius 1 is 1.21 bits per heavy atom. The van der Waals surface area contributed by atoms with E-state index < -0.39 is 0 Å². The third-order valence-electron chi connectivity index (χ3n) is 3.44. The second kappa shape index (κ2) is 8.19. The summed E-state index contributed by atoms with van der Waals surface area (Å²) in [6.07, 6.45) is 6.51. The van der Waals surface area contributed by atoms with E-state index in [1.54, 1.807) is 49.5 Å². The molecule has 0 aliphatic rings. The van der Waals surface area contributed by atoms with Crippen molar-refractivity contribution in [1.82, 2.24) is 9.78 Å². The number of carbonyl (C=O) groups is 1. The summed E-state index contributed by atoms with van der Waals surface area (Å²) in [5.41, 5.74) is 1.33. The molecule has 0 amide bonds. The fourth-order valence-electron chi connectivity index (χ4n) is 2.21. The van der Waals surface area contributed by atoms with Crippen LogP contribution < -0.4 is 14.2 Å². The van der Waals surface area contributed by atoms with E-state index in [0.29, 0.717) is 29.4 Å². The van der Waals surface area contributed by atoms with Gasteiger partial charge in [-0.1, -0.05) is 6.08 Å². The van der Waals surface area contributed by atoms with Crippen molar-refractivity contribution in [3.8, 4) is 17.2 Å². The first-order valence-electron chi connectivity index (χ1n) is 7.76. The maximum absolute atomic E-state index is 12.2. The minimum absolute atomic E-state index is 0.110. The van der Waals surface area contributed by atoms with Gasteiger partial charge in [0.05, 0.1) is 32.6 Å². The van der Waals surface area contributed by atoms with Gasteiger partial charge in [-0.05, 0) is 37.6 Å². The molecular formula is C18H22N2O4. The molecule has 0 unspecified atom stereocenters. The van der Waals surface area contributed by atoms with Crippen LogP contribution in [0.5, 0.6) is 17.2 Å². The molecule has 2 rings (SSSR count). The number of allylic oxidation sites excluding steroid dienone is 1. The summed E-state index contributed by atoms with van der Waals surface area (Å²) in [6.45, 7) is 5.09. The molecule has 0 atom stereocenters. The Kier molecular flexibility index (Phi) is 6.01. The largest absolute Gasteiger partial charge is 0.493 e. The first-order chi connectivity index (χ1) is 11.6. The van der Waals surface area contributed by atoms with E-state index in [1.807, 2.05) is 13.8 Å². The van der Waals surface area contributed by atoms with Crippen molar-refractivity contribution in [3.63, 3.8) is 0 Å². The van der Waals surface area contributed by atoms with E-state index in [4.69, 9.17) is 14.2 Å². The molecule has 6 heteroatoms. The number of hydrogen-bond donors (Lipinski definition) is 0. The molecule has 0 saturated carbocycles. The van der Waals surface area contributed by atoms with Crippen molar-refractivity contribution >= 4 is 11.9 Å². The van der Waals surface area contributed by atoms with Crippen LogP contribution in [0.1, 0.15) is 29.8 Å². The van der Waals surface area contributed by atoms with Gasteiger partial charge >= 0.3 is 0 Å². The summed E-state index contributed by atoms with van der Waals surface area (Å²) in [6, 6.07) is 3.60. The fraction of sp³-hybridized carbons (Fsp3) is 0.333. The molecule has 0 radical (unpaired) electrons. The first kappa shape index (κ1) is 17.6. The van der Waals surface area contributed by atoms with Crippen LogP contribution in [0.25, 0.3) is 6.08 Å². The van der Waals surface area contributed by atoms with Crippen molar-refractivity contribution in [3.05, 3.63) is 41.7 Å². The number of methoxy groups -OCH3 is 2. The summed E-state index contributed by atoms with van der Waals surface area (Å²) in [4.78, 5) is 12.2. The number of aromatic nitrogens is 2. The van der Waals surface area contributed by atoms with Crippen molar-refractivity contribution in [2.75, 3.05) is 20.8 Å². The predicted octanol–water partition coefficient (Wildman–Crippen LogP) is 3.22. The molecule has 128 valence electrons. The Labute approximate surface area is 141 Å². The highest BCUT2D eigenvalue weighted by Crippen LogP contribution is 2.38. The summed E-state index contributed by atoms with van der Waals surface area (Å²) in [5.74, 6) is 1.56. The number of ether oxygens (including phenoxy) is 3. The van der Waals surface area contributed by atoms with Crippen LogP contribution >= 0.6 is 0 Å². The zero-order valence-electron chi connectivity index (χ0n) is 14.4. The summed E-state index contributed by atoms with van der Waals surface area (Å²) >= 11 is 0. The Morgan fingerprint density at radius 2 is 1.88 bits per heavy atom. The van der Waals surface area contributed by atoms with Gasteiger partial charge in [0.15, 0.2) is 17.3 Å². The topological polar surface area (TPSA) is 62.6 Å². The monoisotopic (exact) mass is 330 g/mol. The van der Waals surface area contributed by atoms with E-state index >= 15 is 0 Å². The van der Waals surface area contributed by atoms with Gasteiger partial charge in [-0.15, -0.1) is 0 Å². The molecule has 1 aromatic heterocycles. The molecule has 24 heavy (non-hydrogen) atoms. The summed E-state index contributed by atoms with van der Waals surface area (Å²) < 4.78 is 18.0. The molecule has 0 aliphatic carbocycles. The number of rotatable bonds is 8. The standard InChI is InChI=1S/C18H22N2O4/c1-5-20-12-14(11-19-20)15(21)8-7-13-9-16(22-3)18(24-6-2)17(10-13)23-4/h7-12H,5-6H2,1-4H3. The first-order valence-corrected chi connectivity index (χ1v) is 7.76. The lowest BCUT2D eigenvalue weighted by Gasteiger charge is -2.14. The normalized spacial score (nSPS) is 10.8. The molecule has 0 bridgehead atoms. The fourth-order valence-corrected chi connectivity index (χ4v) is 2.21. The van der Waals surface area contributed by atoms with Gasteiger partial charge in [-0.3, -0.25) is 9.48 Å². The van der Waals surface area contributed by atoms with Gasteiger partial charge < -0.3 is 14.2 Å². The zero-order valence-corrected chi connectivity index (χ0v) is 14.4. The van der Waals surface area contributed by atoms with Crippen molar-refractivity contribution < 1.29 is 19.0 Å². The maximum Gasteiger partial charge on any atom is 0.203 e. The minimum atomic E-state index is -0.110. The van der Waals surface area contributed by atoms with Gasteiger partial charge in [0.1, 0.15) is 0 Å². The van der Waals surface area contributed by atoms with Crippen LogP contribution in [0.4, 0.5) is 0 Å². The molecule has 1 heterocycles. The van der Waals surface area contributed by atoms with Gasteiger partial charge in [0.25, 0.3) is 0 Å². The number of ketones is 1. The van der Waals surface area contributed by atoms with Gasteiger partial charge in [0.2, 0.25) is 5.75 Å². The maximum atomic E-state index is 12.2. The second-order valence-corrected chi connectivity index (χ2v) is 4.97. The molecule has 0 N–H and O–H groups in total. The number of nitrogens with zero attached hydrogens (tertiary/aromatic N) is 2. The smallest absolute Gasteiger partial charge is 0.203 e. The van der Waals surface area contributed by atoms with Crippen LogP contribution in [0.2, 0.25) is 0 Å². The van der Waals surface area contributed by atoms with Gasteiger partial charge in [-0.25, -0.2) is 0 Å². The highest BCUT2D eigenvalue weighted by Gasteiger charge is 2.13. The lowest BCUT2D eigenvalue weighted by Crippen LogP contribution is -1.99. The second-order valence-electron chi connectivity index (χ2n) is 4.97. The van der Waals surface area contributed by atoms with E-state index in [1.165, 1.54) is 6.08 Å². The Hall–Kier alpha value is -2.76. The number of hydrogen-bond acceptors (Lipinski definition) is 5. The molecule has 1 aromatic carbocycles. The molecular weight excluding hydrogens is 308 g/mol. The predicted molar refractivity (Wildman–Crippen MR) is 92.0 cm³/mol. The molecule has 0 fully saturated rings. The van der Waals surface area contributed by atoms with E-state index in [2.05, 4.69) is 5.10 Å². The highest BCUT2D eigenvalue weighted by atomic mass is 16.5. The number of aryl methyl sites for hydroxylation is 1. The van der Waals surface area contributed by atoms with Crippen LogP contribution in [-0.2, 0) is 6.54 Å². The van der Waals surface area contributed by atoms with E-state index in [-0.39, 0.29) is 5.78 Å². The summed E-state index contributed by atoms with van der Waals surface area (Å²) in [7, 11) is 3.13. The molecule has 6 nitrogen and oxygen atoms in total. The highest BCUT2D eigenvalue weighted by molar-refractivity contribution is 6.06. The summed E-state index contributed by atoms with van der Waals surface area (Å²) in [5, 5.41) is 4.10. The Morgan fingerprint density at radius 3 is 2.38 bits per heavy atom. The molecule has 0 spiro atoms. The van der Waals surface area contributed by atoms with Crippen molar-refractivity contribution in [2.45, 2.75) is 20.4 Å². The third kappa shape index (κ3) is 3.95. The Balaban J connectivity index is 2.26. The van der Waals surface area contributed by atoms with Crippen LogP contribution in [0.3, 0.4) is 0 Å². The van der Waals surface area contributed by atoms with E-state index in [0.717, 1.165) is 12.1 Å². The molecule has 2 aromatic rings. The van der Waals surface area contributed by atoms with E-state index in [9.17, 15) is 4.79 Å².